The summed E-state index contributed by atoms with van der Waals surface area (Å²) in [6.45, 7) is 2.82. The molecule has 0 saturated carbocycles. The van der Waals surface area contributed by atoms with Gasteiger partial charge < -0.3 is 67.3 Å². The van der Waals surface area contributed by atoms with E-state index in [1.54, 1.807) is 18.2 Å². The maximum Gasteiger partial charge on any atom is 0.417 e. The fraction of sp³-hybridized carbons (Fsp3) is 0.442. The minimum atomic E-state index is -2.96. The zero-order valence-corrected chi connectivity index (χ0v) is 43.0. The van der Waals surface area contributed by atoms with E-state index in [2.05, 4.69) is 5.32 Å². The number of esters is 8. The average Bonchev–Trinajstić information content (AvgIpc) is 3.78. The molecule has 0 bridgehead atoms. The Labute approximate surface area is 444 Å². The quantitative estimate of drug-likeness (QED) is 0.120. The van der Waals surface area contributed by atoms with Crippen molar-refractivity contribution >= 4 is 65.7 Å². The highest BCUT2D eigenvalue weighted by Crippen LogP contribution is 2.43. The van der Waals surface area contributed by atoms with Gasteiger partial charge in [0.15, 0.2) is 18.3 Å². The Balaban J connectivity index is 1.51. The molecule has 3 fully saturated rings. The van der Waals surface area contributed by atoms with Gasteiger partial charge in [0.1, 0.15) is 43.2 Å². The lowest BCUT2D eigenvalue weighted by molar-refractivity contribution is -0.321. The SMILES string of the molecule is COC(=O)[C@]1(OC(=O)c2ccccc2)C[C@H](OC(=O)c2ccccc2)[C@@H](NC(C)=O)[C@H]([C@@H](OC(=O)c2ccccc2)[C@H](O)CO[C@]2(C(=O)OC)C[C@@H]3OC(=O)N(C(C)=O)[C@H]3[C@H]([C@H](OC(C)=O)[C@@H](COC(C)=O)OC(C)=O)O2)O1. The summed E-state index contributed by atoms with van der Waals surface area (Å²) in [6.07, 6.45) is -19.1. The van der Waals surface area contributed by atoms with Crippen LogP contribution in [0.15, 0.2) is 91.0 Å². The topological polar surface area (TPSA) is 334 Å². The van der Waals surface area contributed by atoms with Crippen LogP contribution in [0.1, 0.15) is 78.5 Å². The van der Waals surface area contributed by atoms with Gasteiger partial charge in [-0.25, -0.2) is 33.7 Å². The number of aliphatic hydroxyl groups is 1. The van der Waals surface area contributed by atoms with E-state index < -0.39 is 164 Å². The second-order valence-corrected chi connectivity index (χ2v) is 17.8. The largest absolute Gasteiger partial charge is 0.465 e. The van der Waals surface area contributed by atoms with Crippen LogP contribution in [0.2, 0.25) is 0 Å². The summed E-state index contributed by atoms with van der Waals surface area (Å²) < 4.78 is 68.6. The van der Waals surface area contributed by atoms with Crippen LogP contribution in [0.5, 0.6) is 0 Å². The summed E-state index contributed by atoms with van der Waals surface area (Å²) in [5.41, 5.74) is -0.301. The lowest BCUT2D eigenvalue weighted by Gasteiger charge is -2.48. The number of aliphatic hydroxyl groups excluding tert-OH is 1. The Morgan fingerprint density at radius 3 is 1.68 bits per heavy atom. The first kappa shape index (κ1) is 58.9. The Hall–Kier alpha value is -8.33. The van der Waals surface area contributed by atoms with Crippen molar-refractivity contribution in [3.63, 3.8) is 0 Å². The minimum absolute atomic E-state index is 0.0328. The Morgan fingerprint density at radius 2 is 1.17 bits per heavy atom. The number of amides is 3. The molecular formula is C52H56N2O24. The third kappa shape index (κ3) is 13.8. The number of nitrogens with zero attached hydrogens (tertiary/aromatic N) is 1. The van der Waals surface area contributed by atoms with Crippen molar-refractivity contribution in [1.29, 1.82) is 0 Å². The molecule has 0 aliphatic carbocycles. The molecule has 26 heteroatoms. The minimum Gasteiger partial charge on any atom is -0.465 e. The second kappa shape index (κ2) is 25.7. The van der Waals surface area contributed by atoms with Crippen LogP contribution >= 0.6 is 0 Å². The number of carbonyl (C=O) groups is 11. The third-order valence-electron chi connectivity index (χ3n) is 12.3. The summed E-state index contributed by atoms with van der Waals surface area (Å²) in [6, 6.07) is 18.3. The van der Waals surface area contributed by atoms with Crippen LogP contribution in [0.3, 0.4) is 0 Å². The molecule has 3 aromatic carbocycles. The number of fused-ring (bicyclic) bond motifs is 1. The van der Waals surface area contributed by atoms with Gasteiger partial charge >= 0.3 is 59.6 Å². The molecule has 12 atom stereocenters. The van der Waals surface area contributed by atoms with Crippen LogP contribution in [-0.2, 0) is 90.4 Å². The molecule has 3 amide bonds. The smallest absolute Gasteiger partial charge is 0.417 e. The van der Waals surface area contributed by atoms with E-state index >= 15 is 0 Å². The van der Waals surface area contributed by atoms with E-state index in [9.17, 15) is 57.8 Å². The molecule has 2 N–H and O–H groups in total. The number of benzene rings is 3. The normalized spacial score (nSPS) is 24.9. The molecular weight excluding hydrogens is 1040 g/mol. The molecule has 0 unspecified atom stereocenters. The summed E-state index contributed by atoms with van der Waals surface area (Å²) in [5, 5.41) is 15.1. The van der Waals surface area contributed by atoms with Gasteiger partial charge in [0.2, 0.25) is 11.8 Å². The zero-order valence-electron chi connectivity index (χ0n) is 43.0. The number of hydrogen-bond donors (Lipinski definition) is 2. The van der Waals surface area contributed by atoms with Crippen molar-refractivity contribution < 1.29 is 115 Å². The molecule has 0 spiro atoms. The van der Waals surface area contributed by atoms with Crippen molar-refractivity contribution in [2.75, 3.05) is 27.4 Å². The van der Waals surface area contributed by atoms with E-state index in [1.165, 1.54) is 72.8 Å². The summed E-state index contributed by atoms with van der Waals surface area (Å²) in [5.74, 6) is -17.0. The maximum absolute atomic E-state index is 14.3. The van der Waals surface area contributed by atoms with Gasteiger partial charge in [-0.3, -0.25) is 24.0 Å². The number of methoxy groups -OCH3 is 2. The molecule has 0 aromatic heterocycles. The van der Waals surface area contributed by atoms with Gasteiger partial charge in [-0.05, 0) is 36.4 Å². The number of rotatable bonds is 20. The highest BCUT2D eigenvalue weighted by Gasteiger charge is 2.65. The summed E-state index contributed by atoms with van der Waals surface area (Å²) in [7, 11) is 1.78. The predicted octanol–water partition coefficient (Wildman–Crippen LogP) is 1.66. The highest BCUT2D eigenvalue weighted by atomic mass is 16.8. The van der Waals surface area contributed by atoms with Gasteiger partial charge in [0, 0.05) is 34.6 Å². The van der Waals surface area contributed by atoms with E-state index in [0.29, 0.717) is 4.90 Å². The monoisotopic (exact) mass is 1090 g/mol. The first-order valence-electron chi connectivity index (χ1n) is 23.9. The fourth-order valence-electron chi connectivity index (χ4n) is 9.00. The first-order valence-corrected chi connectivity index (χ1v) is 23.9. The number of hydrogen-bond acceptors (Lipinski definition) is 24. The average molecular weight is 1090 g/mol. The highest BCUT2D eigenvalue weighted by molar-refractivity contribution is 5.94. The lowest BCUT2D eigenvalue weighted by Crippen LogP contribution is -2.70. The number of ether oxygens (including phenoxy) is 12. The fourth-order valence-corrected chi connectivity index (χ4v) is 9.00. The van der Waals surface area contributed by atoms with Crippen LogP contribution < -0.4 is 5.32 Å². The van der Waals surface area contributed by atoms with Crippen molar-refractivity contribution in [3.8, 4) is 0 Å². The molecule has 3 saturated heterocycles. The molecule has 6 rings (SSSR count). The van der Waals surface area contributed by atoms with E-state index in [1.807, 2.05) is 0 Å². The zero-order chi connectivity index (χ0) is 57.1. The van der Waals surface area contributed by atoms with Crippen LogP contribution in [-0.4, -0.2) is 176 Å². The van der Waals surface area contributed by atoms with Gasteiger partial charge in [0.05, 0.1) is 56.4 Å². The van der Waals surface area contributed by atoms with Crippen molar-refractivity contribution in [3.05, 3.63) is 108 Å². The molecule has 0 radical (unpaired) electrons. The molecule has 26 nitrogen and oxygen atoms in total. The Kier molecular flexibility index (Phi) is 19.4. The summed E-state index contributed by atoms with van der Waals surface area (Å²) >= 11 is 0. The molecule has 3 aliphatic rings. The van der Waals surface area contributed by atoms with E-state index in [4.69, 9.17) is 56.8 Å². The number of imide groups is 1. The van der Waals surface area contributed by atoms with Crippen LogP contribution in [0.4, 0.5) is 4.79 Å². The van der Waals surface area contributed by atoms with Gasteiger partial charge in [0.25, 0.3) is 5.79 Å². The Bertz CT molecular complexity index is 2730. The molecule has 3 aromatic rings. The maximum atomic E-state index is 14.3. The number of nitrogens with one attached hydrogen (secondary N) is 1. The van der Waals surface area contributed by atoms with Gasteiger partial charge in [-0.1, -0.05) is 54.6 Å². The third-order valence-corrected chi connectivity index (χ3v) is 12.3. The van der Waals surface area contributed by atoms with Crippen molar-refractivity contribution in [1.82, 2.24) is 10.2 Å². The van der Waals surface area contributed by atoms with Gasteiger partial charge in [-0.15, -0.1) is 0 Å². The van der Waals surface area contributed by atoms with E-state index in [0.717, 1.165) is 48.8 Å². The summed E-state index contributed by atoms with van der Waals surface area (Å²) in [4.78, 5) is 148. The molecule has 418 valence electrons. The standard InChI is InChI=1S/C52H56N2O24/c1-27(55)53-39-36(73-45(61)32-17-11-8-12-18-32)23-52(49(65)68-7,78-47(63)34-21-15-10-16-22-34)76-43(39)41(75-46(62)33-19-13-9-14-20-33)35(60)25-70-51(48(64)67-6)24-37-40(54(28(2)56)50(66)74-37)44(77-51)42(72-31(5)59)38(71-30(4)58)26-69-29(3)57/h8-22,35-44,60H,23-26H2,1-7H3,(H,53,55)/t35-,36+,37+,38-,39-,40-,41+,42-,43-,44-,51-,52-/m1/s1. The Morgan fingerprint density at radius 1 is 0.641 bits per heavy atom. The molecule has 3 aliphatic heterocycles. The van der Waals surface area contributed by atoms with Crippen LogP contribution in [0, 0.1) is 0 Å². The number of carbonyl (C=O) groups excluding carboxylic acids is 11. The molecule has 3 heterocycles. The van der Waals surface area contributed by atoms with Crippen LogP contribution in [0.25, 0.3) is 0 Å². The molecule has 78 heavy (non-hydrogen) atoms. The van der Waals surface area contributed by atoms with E-state index in [-0.39, 0.29) is 16.7 Å². The van der Waals surface area contributed by atoms with Gasteiger partial charge in [-0.2, -0.15) is 0 Å². The first-order chi connectivity index (χ1) is 37.0. The van der Waals surface area contributed by atoms with Crippen molar-refractivity contribution in [2.24, 2.45) is 0 Å². The van der Waals surface area contributed by atoms with Crippen molar-refractivity contribution in [2.45, 2.75) is 120 Å². The lowest BCUT2D eigenvalue weighted by atomic mass is 9.87. The predicted molar refractivity (Wildman–Crippen MR) is 256 cm³/mol. The second-order valence-electron chi connectivity index (χ2n) is 17.8.